The summed E-state index contributed by atoms with van der Waals surface area (Å²) in [5.41, 5.74) is -0.0156. The molecule has 1 saturated heterocycles. The number of rotatable bonds is 4. The van der Waals surface area contributed by atoms with E-state index >= 15 is 0 Å². The molecule has 0 amide bonds. The summed E-state index contributed by atoms with van der Waals surface area (Å²) in [6.07, 6.45) is 1.48. The van der Waals surface area contributed by atoms with E-state index in [-0.39, 0.29) is 11.8 Å². The van der Waals surface area contributed by atoms with E-state index in [1.54, 1.807) is 13.8 Å². The molecular weight excluding hydrogens is 186 g/mol. The van der Waals surface area contributed by atoms with Crippen molar-refractivity contribution in [3.05, 3.63) is 0 Å². The van der Waals surface area contributed by atoms with Crippen molar-refractivity contribution in [2.45, 2.75) is 46.0 Å². The number of hydrogen-bond donors (Lipinski definition) is 0. The van der Waals surface area contributed by atoms with Crippen LogP contribution in [0.15, 0.2) is 0 Å². The highest BCUT2D eigenvalue weighted by Crippen LogP contribution is 2.38. The van der Waals surface area contributed by atoms with Crippen LogP contribution >= 0.6 is 0 Å². The van der Waals surface area contributed by atoms with Crippen LogP contribution < -0.4 is 0 Å². The molecule has 1 nitrogen and oxygen atoms in total. The minimum Gasteiger partial charge on any atom is -0.381 e. The van der Waals surface area contributed by atoms with Crippen LogP contribution in [-0.4, -0.2) is 19.1 Å². The highest BCUT2D eigenvalue weighted by Gasteiger charge is 2.37. The van der Waals surface area contributed by atoms with Gasteiger partial charge in [0, 0.05) is 18.9 Å². The van der Waals surface area contributed by atoms with E-state index in [0.717, 1.165) is 13.0 Å². The lowest BCUT2D eigenvalue weighted by Gasteiger charge is -2.26. The van der Waals surface area contributed by atoms with Gasteiger partial charge in [-0.15, -0.1) is 0 Å². The van der Waals surface area contributed by atoms with Crippen molar-refractivity contribution in [3.8, 4) is 0 Å². The third kappa shape index (κ3) is 2.91. The average molecular weight is 206 g/mol. The lowest BCUT2D eigenvalue weighted by Crippen LogP contribution is -2.27. The number of halogens is 2. The van der Waals surface area contributed by atoms with Crippen LogP contribution in [0.4, 0.5) is 8.78 Å². The van der Waals surface area contributed by atoms with E-state index in [1.165, 1.54) is 0 Å². The van der Waals surface area contributed by atoms with Gasteiger partial charge >= 0.3 is 0 Å². The second-order valence-electron chi connectivity index (χ2n) is 5.03. The van der Waals surface area contributed by atoms with Gasteiger partial charge in [-0.1, -0.05) is 20.8 Å². The van der Waals surface area contributed by atoms with Crippen molar-refractivity contribution < 1.29 is 13.5 Å². The van der Waals surface area contributed by atoms with Gasteiger partial charge in [-0.2, -0.15) is 0 Å². The van der Waals surface area contributed by atoms with Gasteiger partial charge < -0.3 is 4.74 Å². The topological polar surface area (TPSA) is 9.23 Å². The first-order valence-electron chi connectivity index (χ1n) is 5.31. The zero-order chi connectivity index (χ0) is 10.8. The predicted molar refractivity (Wildman–Crippen MR) is 52.6 cm³/mol. The summed E-state index contributed by atoms with van der Waals surface area (Å²) in [5, 5.41) is 0. The number of alkyl halides is 2. The summed E-state index contributed by atoms with van der Waals surface area (Å²) in [5.74, 6) is -3.08. The summed E-state index contributed by atoms with van der Waals surface area (Å²) in [6.45, 7) is 6.56. The van der Waals surface area contributed by atoms with E-state index in [4.69, 9.17) is 4.74 Å². The molecule has 0 aromatic rings. The van der Waals surface area contributed by atoms with Crippen LogP contribution in [0.3, 0.4) is 0 Å². The molecule has 0 N–H and O–H groups in total. The maximum atomic E-state index is 13.3. The highest BCUT2D eigenvalue weighted by molar-refractivity contribution is 4.82. The molecule has 84 valence electrons. The Morgan fingerprint density at radius 1 is 1.43 bits per heavy atom. The third-order valence-corrected chi connectivity index (χ3v) is 3.21. The molecule has 0 saturated carbocycles. The van der Waals surface area contributed by atoms with Gasteiger partial charge in [0.15, 0.2) is 0 Å². The SMILES string of the molecule is CC(C)C(F)(F)CCC1(C)CCOC1. The number of hydrogen-bond acceptors (Lipinski definition) is 1. The molecule has 1 heterocycles. The summed E-state index contributed by atoms with van der Waals surface area (Å²) < 4.78 is 31.9. The zero-order valence-corrected chi connectivity index (χ0v) is 9.28. The maximum Gasteiger partial charge on any atom is 0.250 e. The Bertz CT molecular complexity index is 179. The van der Waals surface area contributed by atoms with Gasteiger partial charge in [0.2, 0.25) is 5.92 Å². The molecule has 0 aromatic heterocycles. The number of ether oxygens (including phenoxy) is 1. The van der Waals surface area contributed by atoms with Crippen LogP contribution in [-0.2, 0) is 4.74 Å². The van der Waals surface area contributed by atoms with E-state index in [0.29, 0.717) is 13.0 Å². The van der Waals surface area contributed by atoms with Crippen molar-refractivity contribution in [3.63, 3.8) is 0 Å². The van der Waals surface area contributed by atoms with Crippen LogP contribution in [0.1, 0.15) is 40.0 Å². The monoisotopic (exact) mass is 206 g/mol. The molecule has 1 fully saturated rings. The minimum absolute atomic E-state index is 0.00940. The first-order chi connectivity index (χ1) is 6.36. The molecule has 3 heteroatoms. The average Bonchev–Trinajstić information content (AvgIpc) is 2.50. The fraction of sp³-hybridized carbons (Fsp3) is 1.00. The first-order valence-corrected chi connectivity index (χ1v) is 5.31. The van der Waals surface area contributed by atoms with Crippen molar-refractivity contribution in [1.29, 1.82) is 0 Å². The molecular formula is C11H20F2O. The molecule has 0 spiro atoms. The van der Waals surface area contributed by atoms with Gasteiger partial charge in [0.1, 0.15) is 0 Å². The quantitative estimate of drug-likeness (QED) is 0.684. The smallest absolute Gasteiger partial charge is 0.250 e. The predicted octanol–water partition coefficient (Wildman–Crippen LogP) is 3.48. The molecule has 14 heavy (non-hydrogen) atoms. The Hall–Kier alpha value is -0.180. The Morgan fingerprint density at radius 3 is 2.50 bits per heavy atom. The third-order valence-electron chi connectivity index (χ3n) is 3.21. The summed E-state index contributed by atoms with van der Waals surface area (Å²) >= 11 is 0. The molecule has 0 radical (unpaired) electrons. The normalized spacial score (nSPS) is 28.7. The largest absolute Gasteiger partial charge is 0.381 e. The van der Waals surface area contributed by atoms with Crippen LogP contribution in [0, 0.1) is 11.3 Å². The van der Waals surface area contributed by atoms with Gasteiger partial charge in [-0.3, -0.25) is 0 Å². The van der Waals surface area contributed by atoms with Crippen molar-refractivity contribution in [2.24, 2.45) is 11.3 Å². The second kappa shape index (κ2) is 4.13. The van der Waals surface area contributed by atoms with E-state index in [2.05, 4.69) is 0 Å². The van der Waals surface area contributed by atoms with Gasteiger partial charge in [-0.25, -0.2) is 8.78 Å². The van der Waals surface area contributed by atoms with Crippen molar-refractivity contribution in [1.82, 2.24) is 0 Å². The lowest BCUT2D eigenvalue weighted by atomic mass is 9.82. The maximum absolute atomic E-state index is 13.3. The van der Waals surface area contributed by atoms with E-state index < -0.39 is 11.8 Å². The Balaban J connectivity index is 2.39. The van der Waals surface area contributed by atoms with Gasteiger partial charge in [0.25, 0.3) is 0 Å². The summed E-state index contributed by atoms with van der Waals surface area (Å²) in [7, 11) is 0. The molecule has 1 aliphatic heterocycles. The van der Waals surface area contributed by atoms with Crippen molar-refractivity contribution >= 4 is 0 Å². The Labute approximate surface area is 84.8 Å². The molecule has 1 atom stereocenters. The zero-order valence-electron chi connectivity index (χ0n) is 9.28. The molecule has 0 bridgehead atoms. The van der Waals surface area contributed by atoms with Crippen LogP contribution in [0.2, 0.25) is 0 Å². The summed E-state index contributed by atoms with van der Waals surface area (Å²) in [4.78, 5) is 0. The molecule has 0 aromatic carbocycles. The van der Waals surface area contributed by atoms with Crippen molar-refractivity contribution in [2.75, 3.05) is 13.2 Å². The van der Waals surface area contributed by atoms with Crippen LogP contribution in [0.25, 0.3) is 0 Å². The Morgan fingerprint density at radius 2 is 2.07 bits per heavy atom. The first kappa shape index (κ1) is 11.9. The lowest BCUT2D eigenvalue weighted by molar-refractivity contribution is -0.0614. The molecule has 0 aliphatic carbocycles. The molecule has 1 rings (SSSR count). The fourth-order valence-electron chi connectivity index (χ4n) is 1.66. The highest BCUT2D eigenvalue weighted by atomic mass is 19.3. The molecule has 1 aliphatic rings. The van der Waals surface area contributed by atoms with E-state index in [9.17, 15) is 8.78 Å². The van der Waals surface area contributed by atoms with Crippen LogP contribution in [0.5, 0.6) is 0 Å². The standard InChI is InChI=1S/C11H20F2O/c1-9(2)11(12,13)5-4-10(3)6-7-14-8-10/h9H,4-8H2,1-3H3. The second-order valence-corrected chi connectivity index (χ2v) is 5.03. The van der Waals surface area contributed by atoms with Gasteiger partial charge in [0.05, 0.1) is 6.61 Å². The van der Waals surface area contributed by atoms with E-state index in [1.807, 2.05) is 6.92 Å². The summed E-state index contributed by atoms with van der Waals surface area (Å²) in [6, 6.07) is 0. The fourth-order valence-corrected chi connectivity index (χ4v) is 1.66. The van der Waals surface area contributed by atoms with Gasteiger partial charge in [-0.05, 0) is 18.3 Å². The minimum atomic E-state index is -2.52. The Kier molecular flexibility index (Phi) is 3.51. The molecule has 1 unspecified atom stereocenters.